The summed E-state index contributed by atoms with van der Waals surface area (Å²) in [6, 6.07) is 1.42. The number of carbonyl (C=O) groups excluding carboxylic acids is 1. The van der Waals surface area contributed by atoms with Crippen molar-refractivity contribution >= 4 is 15.9 Å². The highest BCUT2D eigenvalue weighted by Gasteiger charge is 2.29. The molecule has 1 aliphatic rings. The van der Waals surface area contributed by atoms with Gasteiger partial charge in [0.05, 0.1) is 6.20 Å². The fourth-order valence-corrected chi connectivity index (χ4v) is 3.09. The monoisotopic (exact) mass is 258 g/mol. The molecule has 17 heavy (non-hydrogen) atoms. The Hall–Kier alpha value is -1.41. The van der Waals surface area contributed by atoms with E-state index in [1.54, 1.807) is 4.90 Å². The van der Waals surface area contributed by atoms with Crippen molar-refractivity contribution in [3.63, 3.8) is 0 Å². The van der Waals surface area contributed by atoms with Gasteiger partial charge in [0.2, 0.25) is 5.91 Å². The zero-order valence-electron chi connectivity index (χ0n) is 9.46. The number of carbonyl (C=O) groups is 1. The number of hydrogen-bond acceptors (Lipinski definition) is 4. The quantitative estimate of drug-likeness (QED) is 0.757. The molecule has 0 saturated carbocycles. The van der Waals surface area contributed by atoms with Crippen molar-refractivity contribution in [2.45, 2.75) is 11.9 Å². The predicted molar refractivity (Wildman–Crippen MR) is 59.6 cm³/mol. The third-order valence-corrected chi connectivity index (χ3v) is 4.61. The molecule has 2 rings (SSSR count). The smallest absolute Gasteiger partial charge is 0.260 e. The van der Waals surface area contributed by atoms with Gasteiger partial charge in [0.15, 0.2) is 5.03 Å². The van der Waals surface area contributed by atoms with Crippen LogP contribution in [0.5, 0.6) is 0 Å². The van der Waals surface area contributed by atoms with E-state index >= 15 is 0 Å². The zero-order valence-corrected chi connectivity index (χ0v) is 10.3. The molecule has 94 valence electrons. The summed E-state index contributed by atoms with van der Waals surface area (Å²) in [4.78, 5) is 12.8. The van der Waals surface area contributed by atoms with Crippen LogP contribution in [0.15, 0.2) is 17.3 Å². The average Bonchev–Trinajstić information content (AvgIpc) is 2.83. The van der Waals surface area contributed by atoms with Crippen molar-refractivity contribution in [2.24, 2.45) is 0 Å². The number of sulfonamides is 1. The van der Waals surface area contributed by atoms with Gasteiger partial charge in [-0.15, -0.1) is 0 Å². The summed E-state index contributed by atoms with van der Waals surface area (Å²) in [5.74, 6) is -0.0245. The first kappa shape index (κ1) is 12.1. The number of piperazine rings is 1. The van der Waals surface area contributed by atoms with E-state index in [0.717, 1.165) is 0 Å². The lowest BCUT2D eigenvalue weighted by Gasteiger charge is -2.32. The molecule has 0 atom stereocenters. The van der Waals surface area contributed by atoms with Gasteiger partial charge in [0.1, 0.15) is 0 Å². The van der Waals surface area contributed by atoms with Gasteiger partial charge in [-0.3, -0.25) is 9.89 Å². The van der Waals surface area contributed by atoms with Crippen LogP contribution in [0.1, 0.15) is 6.92 Å². The van der Waals surface area contributed by atoms with Crippen LogP contribution in [0, 0.1) is 0 Å². The molecule has 1 fully saturated rings. The number of nitrogens with zero attached hydrogens (tertiary/aromatic N) is 3. The van der Waals surface area contributed by atoms with Crippen molar-refractivity contribution in [2.75, 3.05) is 26.2 Å². The summed E-state index contributed by atoms with van der Waals surface area (Å²) in [5, 5.41) is 6.17. The Morgan fingerprint density at radius 2 is 2.00 bits per heavy atom. The highest BCUT2D eigenvalue weighted by atomic mass is 32.2. The Kier molecular flexibility index (Phi) is 3.16. The second-order valence-electron chi connectivity index (χ2n) is 3.83. The van der Waals surface area contributed by atoms with Gasteiger partial charge >= 0.3 is 0 Å². The van der Waals surface area contributed by atoms with E-state index in [9.17, 15) is 13.2 Å². The molecule has 7 nitrogen and oxygen atoms in total. The average molecular weight is 258 g/mol. The lowest BCUT2D eigenvalue weighted by molar-refractivity contribution is -0.129. The van der Waals surface area contributed by atoms with Crippen LogP contribution in [0.4, 0.5) is 0 Å². The summed E-state index contributed by atoms with van der Waals surface area (Å²) in [5.41, 5.74) is 0. The summed E-state index contributed by atoms with van der Waals surface area (Å²) in [6.07, 6.45) is 1.40. The lowest BCUT2D eigenvalue weighted by Crippen LogP contribution is -2.50. The second-order valence-corrected chi connectivity index (χ2v) is 5.74. The number of H-pyrrole nitrogens is 1. The maximum absolute atomic E-state index is 12.1. The summed E-state index contributed by atoms with van der Waals surface area (Å²) in [6.45, 7) is 2.99. The topological polar surface area (TPSA) is 86.4 Å². The van der Waals surface area contributed by atoms with Crippen molar-refractivity contribution in [1.82, 2.24) is 19.4 Å². The minimum absolute atomic E-state index is 0.0245. The molecule has 1 aliphatic heterocycles. The maximum Gasteiger partial charge on any atom is 0.260 e. The fraction of sp³-hybridized carbons (Fsp3) is 0.556. The van der Waals surface area contributed by atoms with E-state index in [1.807, 2.05) is 0 Å². The largest absolute Gasteiger partial charge is 0.340 e. The van der Waals surface area contributed by atoms with Crippen LogP contribution in [-0.2, 0) is 14.8 Å². The zero-order chi connectivity index (χ0) is 12.5. The van der Waals surface area contributed by atoms with Crippen molar-refractivity contribution in [3.05, 3.63) is 12.3 Å². The molecular weight excluding hydrogens is 244 g/mol. The summed E-state index contributed by atoms with van der Waals surface area (Å²) < 4.78 is 25.5. The molecule has 0 bridgehead atoms. The Labute approximate surface area is 99.5 Å². The standard InChI is InChI=1S/C9H14N4O3S/c1-8(14)12-4-6-13(7-5-12)17(15,16)9-2-3-10-11-9/h2-3H,4-7H2,1H3,(H,10,11). The number of hydrogen-bond donors (Lipinski definition) is 1. The van der Waals surface area contributed by atoms with E-state index in [-0.39, 0.29) is 10.9 Å². The van der Waals surface area contributed by atoms with Gasteiger partial charge in [-0.05, 0) is 6.07 Å². The number of rotatable bonds is 2. The van der Waals surface area contributed by atoms with Gasteiger partial charge < -0.3 is 4.90 Å². The van der Waals surface area contributed by atoms with Crippen LogP contribution < -0.4 is 0 Å². The molecule has 1 saturated heterocycles. The van der Waals surface area contributed by atoms with Crippen molar-refractivity contribution in [1.29, 1.82) is 0 Å². The van der Waals surface area contributed by atoms with Crippen LogP contribution in [-0.4, -0.2) is 59.9 Å². The molecule has 2 heterocycles. The number of nitrogens with one attached hydrogen (secondary N) is 1. The fourth-order valence-electron chi connectivity index (χ4n) is 1.77. The Bertz CT molecular complexity index is 488. The third-order valence-electron chi connectivity index (χ3n) is 2.78. The molecule has 0 radical (unpaired) electrons. The van der Waals surface area contributed by atoms with Gasteiger partial charge in [0.25, 0.3) is 10.0 Å². The number of aromatic nitrogens is 2. The van der Waals surface area contributed by atoms with Crippen LogP contribution >= 0.6 is 0 Å². The third kappa shape index (κ3) is 2.32. The summed E-state index contributed by atoms with van der Waals surface area (Å²) >= 11 is 0. The maximum atomic E-state index is 12.1. The molecule has 1 N–H and O–H groups in total. The highest BCUT2D eigenvalue weighted by molar-refractivity contribution is 7.89. The SMILES string of the molecule is CC(=O)N1CCN(S(=O)(=O)c2ccn[nH]2)CC1. The lowest BCUT2D eigenvalue weighted by atomic mass is 10.3. The van der Waals surface area contributed by atoms with Gasteiger partial charge in [-0.25, -0.2) is 8.42 Å². The normalized spacial score (nSPS) is 18.3. The molecular formula is C9H14N4O3S. The van der Waals surface area contributed by atoms with Gasteiger partial charge in [-0.2, -0.15) is 9.40 Å². The molecule has 0 aromatic carbocycles. The Balaban J connectivity index is 2.09. The minimum atomic E-state index is -3.49. The molecule has 0 spiro atoms. The predicted octanol–water partition coefficient (Wildman–Crippen LogP) is -0.737. The van der Waals surface area contributed by atoms with E-state index in [1.165, 1.54) is 23.5 Å². The number of amides is 1. The molecule has 1 amide bonds. The molecule has 1 aromatic heterocycles. The molecule has 0 aliphatic carbocycles. The van der Waals surface area contributed by atoms with Gasteiger partial charge in [0, 0.05) is 33.1 Å². The Morgan fingerprint density at radius 3 is 2.47 bits per heavy atom. The molecule has 0 unspecified atom stereocenters. The number of aromatic amines is 1. The Morgan fingerprint density at radius 1 is 1.35 bits per heavy atom. The highest BCUT2D eigenvalue weighted by Crippen LogP contribution is 2.14. The van der Waals surface area contributed by atoms with Crippen LogP contribution in [0.25, 0.3) is 0 Å². The van der Waals surface area contributed by atoms with Crippen LogP contribution in [0.3, 0.4) is 0 Å². The van der Waals surface area contributed by atoms with Crippen molar-refractivity contribution in [3.8, 4) is 0 Å². The first-order valence-corrected chi connectivity index (χ1v) is 6.71. The van der Waals surface area contributed by atoms with Gasteiger partial charge in [-0.1, -0.05) is 0 Å². The van der Waals surface area contributed by atoms with E-state index in [0.29, 0.717) is 26.2 Å². The molecule has 8 heteroatoms. The van der Waals surface area contributed by atoms with E-state index in [2.05, 4.69) is 10.2 Å². The summed E-state index contributed by atoms with van der Waals surface area (Å²) in [7, 11) is -3.49. The first-order chi connectivity index (χ1) is 8.01. The minimum Gasteiger partial charge on any atom is -0.340 e. The second kappa shape index (κ2) is 4.46. The van der Waals surface area contributed by atoms with E-state index < -0.39 is 10.0 Å². The van der Waals surface area contributed by atoms with Crippen LogP contribution in [0.2, 0.25) is 0 Å². The molecule has 1 aromatic rings. The van der Waals surface area contributed by atoms with Crippen molar-refractivity contribution < 1.29 is 13.2 Å². The first-order valence-electron chi connectivity index (χ1n) is 5.27. The van der Waals surface area contributed by atoms with E-state index in [4.69, 9.17) is 0 Å².